The monoisotopic (exact) mass is 503 g/mol. The number of hydrogen-bond donors (Lipinski definition) is 1. The number of nitrogens with one attached hydrogen (secondary N) is 1. The molecule has 0 bridgehead atoms. The molecule has 1 aromatic heterocycles. The van der Waals surface area contributed by atoms with Crippen molar-refractivity contribution < 1.29 is 8.42 Å². The van der Waals surface area contributed by atoms with Gasteiger partial charge in [-0.3, -0.25) is 4.99 Å². The van der Waals surface area contributed by atoms with Crippen LogP contribution in [0.15, 0.2) is 59.6 Å². The third-order valence-electron chi connectivity index (χ3n) is 5.64. The molecule has 2 heterocycles. The van der Waals surface area contributed by atoms with E-state index in [-0.39, 0.29) is 17.5 Å². The second kappa shape index (κ2) is 9.10. The zero-order valence-corrected chi connectivity index (χ0v) is 20.1. The predicted molar refractivity (Wildman–Crippen MR) is 132 cm³/mol. The van der Waals surface area contributed by atoms with E-state index in [4.69, 9.17) is 33.3 Å². The molecule has 0 radical (unpaired) electrons. The van der Waals surface area contributed by atoms with Gasteiger partial charge in [-0.15, -0.1) is 0 Å². The first-order chi connectivity index (χ1) is 15.9. The molecule has 2 aromatic carbocycles. The van der Waals surface area contributed by atoms with Crippen LogP contribution in [0.25, 0.3) is 16.9 Å². The fraction of sp³-hybridized carbons (Fsp3) is 0.304. The Balaban J connectivity index is 1.55. The van der Waals surface area contributed by atoms with E-state index in [9.17, 15) is 8.42 Å². The van der Waals surface area contributed by atoms with Gasteiger partial charge in [0.1, 0.15) is 5.69 Å². The first-order valence-corrected chi connectivity index (χ1v) is 13.4. The van der Waals surface area contributed by atoms with Crippen molar-refractivity contribution in [3.63, 3.8) is 0 Å². The Labute approximate surface area is 202 Å². The fourth-order valence-corrected chi connectivity index (χ4v) is 5.19. The van der Waals surface area contributed by atoms with Crippen LogP contribution in [0.1, 0.15) is 18.5 Å². The fourth-order valence-electron chi connectivity index (χ4n) is 3.64. The number of halogens is 2. The van der Waals surface area contributed by atoms with Gasteiger partial charge in [0.2, 0.25) is 0 Å². The van der Waals surface area contributed by atoms with E-state index in [0.29, 0.717) is 34.7 Å². The number of hydrazine groups is 1. The van der Waals surface area contributed by atoms with Crippen molar-refractivity contribution in [1.82, 2.24) is 20.2 Å². The average molecular weight is 504 g/mol. The lowest BCUT2D eigenvalue weighted by Gasteiger charge is -2.28. The van der Waals surface area contributed by atoms with E-state index >= 15 is 0 Å². The summed E-state index contributed by atoms with van der Waals surface area (Å²) in [4.78, 5) is 4.85. The van der Waals surface area contributed by atoms with Crippen LogP contribution < -0.4 is 5.43 Å². The van der Waals surface area contributed by atoms with Gasteiger partial charge in [-0.25, -0.2) is 18.1 Å². The highest BCUT2D eigenvalue weighted by atomic mass is 35.5. The Morgan fingerprint density at radius 2 is 1.73 bits per heavy atom. The minimum atomic E-state index is -2.98. The Morgan fingerprint density at radius 3 is 2.39 bits per heavy atom. The highest BCUT2D eigenvalue weighted by Gasteiger charge is 2.27. The van der Waals surface area contributed by atoms with Crippen LogP contribution in [0.2, 0.25) is 10.0 Å². The lowest BCUT2D eigenvalue weighted by molar-refractivity contribution is 0.255. The topological polar surface area (TPSA) is 79.6 Å². The summed E-state index contributed by atoms with van der Waals surface area (Å²) in [5, 5.41) is 8.01. The van der Waals surface area contributed by atoms with Crippen LogP contribution in [0.5, 0.6) is 0 Å². The van der Waals surface area contributed by atoms with Crippen molar-refractivity contribution >= 4 is 38.9 Å². The van der Waals surface area contributed by atoms with Gasteiger partial charge in [0.05, 0.1) is 34.0 Å². The number of sulfone groups is 1. The van der Waals surface area contributed by atoms with Gasteiger partial charge in [-0.1, -0.05) is 47.5 Å². The molecule has 1 N–H and O–H groups in total. The number of aromatic nitrogens is 2. The number of nitrogens with zero attached hydrogens (tertiary/aromatic N) is 4. The van der Waals surface area contributed by atoms with E-state index in [2.05, 4.69) is 5.43 Å². The van der Waals surface area contributed by atoms with Crippen LogP contribution in [0.4, 0.5) is 0 Å². The summed E-state index contributed by atoms with van der Waals surface area (Å²) in [5.41, 5.74) is 6.55. The highest BCUT2D eigenvalue weighted by molar-refractivity contribution is 7.91. The quantitative estimate of drug-likeness (QED) is 0.420. The number of rotatable bonds is 5. The standard InChI is InChI=1S/C23H23Cl2N5O2S/c24-17-7-5-16(6-8-17)22-15-20(27-30(22)21-4-2-1-3-19(21)25)23(26-18-9-10-18)28-29-11-13-33(31,32)14-12-29/h1-8,15,18H,9-14H2,(H,26,28). The summed E-state index contributed by atoms with van der Waals surface area (Å²) in [6, 6.07) is 17.3. The molecule has 3 aromatic rings. The van der Waals surface area contributed by atoms with Crippen LogP contribution in [0.3, 0.4) is 0 Å². The molecule has 2 aliphatic rings. The van der Waals surface area contributed by atoms with E-state index in [1.807, 2.05) is 64.3 Å². The maximum absolute atomic E-state index is 11.8. The molecular formula is C23H23Cl2N5O2S. The molecule has 0 atom stereocenters. The number of hydrogen-bond acceptors (Lipinski definition) is 5. The normalized spacial score (nSPS) is 18.9. The zero-order chi connectivity index (χ0) is 23.0. The number of benzene rings is 2. The maximum Gasteiger partial charge on any atom is 0.164 e. The maximum atomic E-state index is 11.8. The van der Waals surface area contributed by atoms with Crippen molar-refractivity contribution in [3.05, 3.63) is 70.3 Å². The molecular weight excluding hydrogens is 481 g/mol. The van der Waals surface area contributed by atoms with E-state index < -0.39 is 9.84 Å². The number of para-hydroxylation sites is 1. The highest BCUT2D eigenvalue weighted by Crippen LogP contribution is 2.30. The Hall–Kier alpha value is -2.39. The Morgan fingerprint density at radius 1 is 1.03 bits per heavy atom. The summed E-state index contributed by atoms with van der Waals surface area (Å²) in [7, 11) is -2.98. The van der Waals surface area contributed by atoms with Gasteiger partial charge >= 0.3 is 0 Å². The summed E-state index contributed by atoms with van der Waals surface area (Å²) < 4.78 is 25.5. The summed E-state index contributed by atoms with van der Waals surface area (Å²) in [5.74, 6) is 0.888. The van der Waals surface area contributed by atoms with Crippen molar-refractivity contribution in [2.75, 3.05) is 24.6 Å². The van der Waals surface area contributed by atoms with Gasteiger partial charge in [-0.2, -0.15) is 5.10 Å². The van der Waals surface area contributed by atoms with Gasteiger partial charge in [-0.05, 0) is 43.2 Å². The van der Waals surface area contributed by atoms with Crippen molar-refractivity contribution in [2.45, 2.75) is 18.9 Å². The third-order valence-corrected chi connectivity index (χ3v) is 7.82. The van der Waals surface area contributed by atoms with Crippen LogP contribution in [-0.4, -0.2) is 59.7 Å². The average Bonchev–Trinajstić information content (AvgIpc) is 3.51. The van der Waals surface area contributed by atoms with Crippen LogP contribution in [0, 0.1) is 0 Å². The predicted octanol–water partition coefficient (Wildman–Crippen LogP) is 3.99. The molecule has 1 saturated heterocycles. The molecule has 10 heteroatoms. The first-order valence-electron chi connectivity index (χ1n) is 10.8. The lowest BCUT2D eigenvalue weighted by atomic mass is 10.1. The summed E-state index contributed by atoms with van der Waals surface area (Å²) in [6.07, 6.45) is 2.07. The zero-order valence-electron chi connectivity index (χ0n) is 17.8. The molecule has 0 amide bonds. The van der Waals surface area contributed by atoms with Gasteiger partial charge in [0.25, 0.3) is 0 Å². The minimum absolute atomic E-state index is 0.126. The molecule has 0 unspecified atom stereocenters. The Bertz CT molecular complexity index is 1290. The molecule has 1 saturated carbocycles. The molecule has 1 aliphatic heterocycles. The summed E-state index contributed by atoms with van der Waals surface area (Å²) in [6.45, 7) is 0.808. The molecule has 172 valence electrons. The molecule has 33 heavy (non-hydrogen) atoms. The van der Waals surface area contributed by atoms with Crippen molar-refractivity contribution in [2.24, 2.45) is 4.99 Å². The van der Waals surface area contributed by atoms with E-state index in [1.165, 1.54) is 0 Å². The number of aliphatic imine (C=N–C) groups is 1. The second-order valence-electron chi connectivity index (χ2n) is 8.24. The largest absolute Gasteiger partial charge is 0.301 e. The van der Waals surface area contributed by atoms with Gasteiger partial charge < -0.3 is 5.43 Å². The lowest BCUT2D eigenvalue weighted by Crippen LogP contribution is -2.50. The van der Waals surface area contributed by atoms with Gasteiger partial charge in [0, 0.05) is 23.7 Å². The van der Waals surface area contributed by atoms with Crippen molar-refractivity contribution in [1.29, 1.82) is 0 Å². The minimum Gasteiger partial charge on any atom is -0.301 e. The van der Waals surface area contributed by atoms with Gasteiger partial charge in [0.15, 0.2) is 15.7 Å². The van der Waals surface area contributed by atoms with Crippen LogP contribution >= 0.6 is 23.2 Å². The van der Waals surface area contributed by atoms with Crippen LogP contribution in [-0.2, 0) is 9.84 Å². The first kappa shape index (κ1) is 22.4. The Kier molecular flexibility index (Phi) is 6.18. The SMILES string of the molecule is O=S1(=O)CCN(NC(=NC2CC2)c2cc(-c3ccc(Cl)cc3)n(-c3ccccc3Cl)n2)CC1. The smallest absolute Gasteiger partial charge is 0.164 e. The second-order valence-corrected chi connectivity index (χ2v) is 11.4. The molecule has 5 rings (SSSR count). The molecule has 1 aliphatic carbocycles. The third kappa shape index (κ3) is 5.24. The molecule has 2 fully saturated rings. The molecule has 7 nitrogen and oxygen atoms in total. The molecule has 0 spiro atoms. The number of amidine groups is 1. The van der Waals surface area contributed by atoms with E-state index in [0.717, 1.165) is 29.8 Å². The summed E-state index contributed by atoms with van der Waals surface area (Å²) >= 11 is 12.6. The van der Waals surface area contributed by atoms with E-state index in [1.54, 1.807) is 0 Å². The van der Waals surface area contributed by atoms with Crippen molar-refractivity contribution in [3.8, 4) is 16.9 Å².